The van der Waals surface area contributed by atoms with Gasteiger partial charge in [-0.15, -0.1) is 0 Å². The standard InChI is InChI=1S/C22H24Cl2F2N4O3S/c1-2-34(32,33)14-5-3-13(4-6-14)15(12-27-31)21-28-17-11-16(23)20(18(24)19(17)29-21)30-9-7-22(25,26)8-10-30/h3-6,11,15,27,31H,2,7-10,12H2,1H3,(H,28,29). The number of imidazole rings is 1. The molecule has 1 atom stereocenters. The Balaban J connectivity index is 1.71. The molecule has 0 spiro atoms. The van der Waals surface area contributed by atoms with Crippen LogP contribution in [0.1, 0.15) is 37.1 Å². The number of H-pyrrole nitrogens is 1. The molecule has 0 aliphatic carbocycles. The Morgan fingerprint density at radius 2 is 1.88 bits per heavy atom. The van der Waals surface area contributed by atoms with Crippen molar-refractivity contribution < 1.29 is 22.4 Å². The Hall–Kier alpha value is -1.98. The lowest BCUT2D eigenvalue weighted by atomic mass is 9.99. The number of hydrogen-bond acceptors (Lipinski definition) is 6. The summed E-state index contributed by atoms with van der Waals surface area (Å²) in [5.41, 5.74) is 4.32. The summed E-state index contributed by atoms with van der Waals surface area (Å²) >= 11 is 13.1. The molecular weight excluding hydrogens is 509 g/mol. The molecule has 1 aliphatic rings. The first-order valence-corrected chi connectivity index (χ1v) is 13.2. The highest BCUT2D eigenvalue weighted by molar-refractivity contribution is 7.91. The van der Waals surface area contributed by atoms with Crippen molar-refractivity contribution >= 4 is 49.8 Å². The molecular formula is C22H24Cl2F2N4O3S. The van der Waals surface area contributed by atoms with Gasteiger partial charge in [0.25, 0.3) is 5.92 Å². The molecule has 7 nitrogen and oxygen atoms in total. The van der Waals surface area contributed by atoms with Crippen LogP contribution in [0.5, 0.6) is 0 Å². The first-order valence-electron chi connectivity index (χ1n) is 10.8. The predicted molar refractivity (Wildman–Crippen MR) is 128 cm³/mol. The summed E-state index contributed by atoms with van der Waals surface area (Å²) in [5, 5.41) is 9.99. The maximum Gasteiger partial charge on any atom is 0.251 e. The van der Waals surface area contributed by atoms with Crippen LogP contribution in [-0.2, 0) is 9.84 Å². The number of piperidine rings is 1. The third-order valence-corrected chi connectivity index (χ3v) is 8.52. The van der Waals surface area contributed by atoms with E-state index in [2.05, 4.69) is 15.4 Å². The molecule has 0 radical (unpaired) electrons. The summed E-state index contributed by atoms with van der Waals surface area (Å²) in [4.78, 5) is 9.76. The van der Waals surface area contributed by atoms with E-state index in [-0.39, 0.29) is 48.1 Å². The van der Waals surface area contributed by atoms with Crippen LogP contribution in [0.2, 0.25) is 10.0 Å². The van der Waals surface area contributed by atoms with Crippen LogP contribution < -0.4 is 10.4 Å². The number of rotatable bonds is 7. The Morgan fingerprint density at radius 3 is 2.47 bits per heavy atom. The van der Waals surface area contributed by atoms with Crippen molar-refractivity contribution in [3.63, 3.8) is 0 Å². The van der Waals surface area contributed by atoms with E-state index in [0.717, 1.165) is 5.56 Å². The molecule has 12 heteroatoms. The first kappa shape index (κ1) is 25.1. The molecule has 1 unspecified atom stereocenters. The molecule has 1 aromatic heterocycles. The maximum absolute atomic E-state index is 13.6. The van der Waals surface area contributed by atoms with Crippen LogP contribution in [-0.4, -0.2) is 54.9 Å². The van der Waals surface area contributed by atoms with E-state index in [9.17, 15) is 22.4 Å². The Kier molecular flexibility index (Phi) is 7.08. The molecule has 2 heterocycles. The number of fused-ring (bicyclic) bond motifs is 1. The minimum absolute atomic E-state index is 0.00616. The van der Waals surface area contributed by atoms with Gasteiger partial charge in [0, 0.05) is 32.5 Å². The van der Waals surface area contributed by atoms with Crippen molar-refractivity contribution in [2.24, 2.45) is 0 Å². The van der Waals surface area contributed by atoms with Crippen LogP contribution >= 0.6 is 23.2 Å². The number of hydroxylamine groups is 1. The molecule has 0 bridgehead atoms. The average molecular weight is 533 g/mol. The number of nitrogens with zero attached hydrogens (tertiary/aromatic N) is 2. The van der Waals surface area contributed by atoms with E-state index < -0.39 is 21.7 Å². The minimum Gasteiger partial charge on any atom is -0.369 e. The molecule has 2 aromatic carbocycles. The zero-order valence-corrected chi connectivity index (χ0v) is 20.6. The summed E-state index contributed by atoms with van der Waals surface area (Å²) in [7, 11) is -3.34. The molecule has 0 amide bonds. The van der Waals surface area contributed by atoms with E-state index in [1.807, 2.05) is 0 Å². The highest BCUT2D eigenvalue weighted by atomic mass is 35.5. The van der Waals surface area contributed by atoms with Gasteiger partial charge >= 0.3 is 0 Å². The van der Waals surface area contributed by atoms with E-state index in [4.69, 9.17) is 23.2 Å². The lowest BCUT2D eigenvalue weighted by Gasteiger charge is -2.34. The van der Waals surface area contributed by atoms with Gasteiger partial charge in [-0.25, -0.2) is 27.7 Å². The number of hydrogen-bond donors (Lipinski definition) is 3. The van der Waals surface area contributed by atoms with E-state index in [1.54, 1.807) is 30.0 Å². The second kappa shape index (κ2) is 9.58. The molecule has 1 aliphatic heterocycles. The quantitative estimate of drug-likeness (QED) is 0.370. The van der Waals surface area contributed by atoms with E-state index in [0.29, 0.717) is 27.6 Å². The molecule has 0 saturated carbocycles. The van der Waals surface area contributed by atoms with Crippen molar-refractivity contribution in [3.8, 4) is 0 Å². The third kappa shape index (κ3) is 4.87. The number of benzene rings is 2. The molecule has 34 heavy (non-hydrogen) atoms. The number of anilines is 1. The van der Waals surface area contributed by atoms with Crippen LogP contribution in [0, 0.1) is 0 Å². The third-order valence-electron chi connectivity index (χ3n) is 6.12. The zero-order chi connectivity index (χ0) is 24.7. The Bertz CT molecular complexity index is 1290. The average Bonchev–Trinajstić information content (AvgIpc) is 3.22. The SMILES string of the molecule is CCS(=O)(=O)c1ccc(C(CNO)c2nc3c(Cl)c(N4CCC(F)(F)CC4)c(Cl)cc3[nH]2)cc1. The number of sulfone groups is 1. The molecule has 3 N–H and O–H groups in total. The van der Waals surface area contributed by atoms with Gasteiger partial charge in [-0.1, -0.05) is 42.3 Å². The van der Waals surface area contributed by atoms with Crippen LogP contribution in [0.3, 0.4) is 0 Å². The maximum atomic E-state index is 13.6. The second-order valence-corrected chi connectivity index (χ2v) is 11.3. The van der Waals surface area contributed by atoms with Gasteiger partial charge in [0.1, 0.15) is 11.3 Å². The summed E-state index contributed by atoms with van der Waals surface area (Å²) < 4.78 is 51.5. The summed E-state index contributed by atoms with van der Waals surface area (Å²) in [6.45, 7) is 1.92. The number of alkyl halides is 2. The van der Waals surface area contributed by atoms with Gasteiger partial charge in [0.05, 0.1) is 37.8 Å². The first-order chi connectivity index (χ1) is 16.1. The van der Waals surface area contributed by atoms with Gasteiger partial charge in [-0.2, -0.15) is 0 Å². The fourth-order valence-corrected chi connectivity index (χ4v) is 5.76. The molecule has 1 fully saturated rings. The van der Waals surface area contributed by atoms with Crippen molar-refractivity contribution in [3.05, 3.63) is 51.8 Å². The second-order valence-electron chi connectivity index (χ2n) is 8.27. The number of nitrogens with one attached hydrogen (secondary N) is 2. The topological polar surface area (TPSA) is 98.3 Å². The fraction of sp³-hybridized carbons (Fsp3) is 0.409. The van der Waals surface area contributed by atoms with E-state index in [1.165, 1.54) is 12.1 Å². The van der Waals surface area contributed by atoms with Crippen LogP contribution in [0.25, 0.3) is 11.0 Å². The summed E-state index contributed by atoms with van der Waals surface area (Å²) in [6, 6.07) is 8.05. The molecule has 184 valence electrons. The number of aromatic nitrogens is 2. The normalized spacial score (nSPS) is 17.3. The minimum atomic E-state index is -3.34. The fourth-order valence-electron chi connectivity index (χ4n) is 4.14. The monoisotopic (exact) mass is 532 g/mol. The highest BCUT2D eigenvalue weighted by Crippen LogP contribution is 2.42. The number of halogens is 4. The van der Waals surface area contributed by atoms with Crippen molar-refractivity contribution in [2.45, 2.75) is 36.5 Å². The van der Waals surface area contributed by atoms with E-state index >= 15 is 0 Å². The van der Waals surface area contributed by atoms with Crippen molar-refractivity contribution in [2.75, 3.05) is 30.3 Å². The van der Waals surface area contributed by atoms with Crippen molar-refractivity contribution in [1.29, 1.82) is 0 Å². The Labute approximate surface area is 205 Å². The molecule has 1 saturated heterocycles. The van der Waals surface area contributed by atoms with Gasteiger partial charge in [0.2, 0.25) is 0 Å². The number of aromatic amines is 1. The van der Waals surface area contributed by atoms with Gasteiger partial charge in [0.15, 0.2) is 9.84 Å². The zero-order valence-electron chi connectivity index (χ0n) is 18.3. The highest BCUT2D eigenvalue weighted by Gasteiger charge is 2.35. The lowest BCUT2D eigenvalue weighted by molar-refractivity contribution is -0.0220. The molecule has 3 aromatic rings. The lowest BCUT2D eigenvalue weighted by Crippen LogP contribution is -2.39. The smallest absolute Gasteiger partial charge is 0.251 e. The van der Waals surface area contributed by atoms with Crippen LogP contribution in [0.15, 0.2) is 35.2 Å². The molecule has 4 rings (SSSR count). The summed E-state index contributed by atoms with van der Waals surface area (Å²) in [6.07, 6.45) is -0.561. The Morgan fingerprint density at radius 1 is 1.24 bits per heavy atom. The van der Waals surface area contributed by atoms with Crippen molar-refractivity contribution in [1.82, 2.24) is 15.4 Å². The van der Waals surface area contributed by atoms with Gasteiger partial charge in [-0.05, 0) is 23.8 Å². The largest absolute Gasteiger partial charge is 0.369 e. The van der Waals surface area contributed by atoms with Gasteiger partial charge in [-0.3, -0.25) is 0 Å². The van der Waals surface area contributed by atoms with Crippen LogP contribution in [0.4, 0.5) is 14.5 Å². The predicted octanol–water partition coefficient (Wildman–Crippen LogP) is 5.01. The summed E-state index contributed by atoms with van der Waals surface area (Å²) in [5.74, 6) is -2.69. The van der Waals surface area contributed by atoms with Gasteiger partial charge < -0.3 is 15.1 Å².